The van der Waals surface area contributed by atoms with E-state index in [2.05, 4.69) is 30.9 Å². The van der Waals surface area contributed by atoms with Crippen molar-refractivity contribution in [1.29, 1.82) is 0 Å². The van der Waals surface area contributed by atoms with E-state index in [9.17, 15) is 0 Å². The van der Waals surface area contributed by atoms with Crippen molar-refractivity contribution in [3.63, 3.8) is 0 Å². The van der Waals surface area contributed by atoms with E-state index >= 15 is 0 Å². The van der Waals surface area contributed by atoms with Gasteiger partial charge in [-0.1, -0.05) is 13.3 Å². The van der Waals surface area contributed by atoms with Gasteiger partial charge in [-0.3, -0.25) is 0 Å². The number of unbranched alkanes of at least 4 members (excludes halogenated alkanes) is 1. The summed E-state index contributed by atoms with van der Waals surface area (Å²) in [5, 5.41) is 3.26. The van der Waals surface area contributed by atoms with Crippen LogP contribution >= 0.6 is 11.8 Å². The minimum absolute atomic E-state index is 0.696. The summed E-state index contributed by atoms with van der Waals surface area (Å²) < 4.78 is 0. The maximum Gasteiger partial charge on any atom is 0.00357 e. The van der Waals surface area contributed by atoms with Crippen LogP contribution < -0.4 is 5.32 Å². The first kappa shape index (κ1) is 12.3. The van der Waals surface area contributed by atoms with Crippen molar-refractivity contribution in [3.8, 4) is 0 Å². The zero-order valence-corrected chi connectivity index (χ0v) is 9.54. The van der Waals surface area contributed by atoms with Crippen LogP contribution in [0.4, 0.5) is 0 Å². The van der Waals surface area contributed by atoms with Crippen LogP contribution in [0.3, 0.4) is 0 Å². The highest BCUT2D eigenvalue weighted by Crippen LogP contribution is 2.08. The van der Waals surface area contributed by atoms with Gasteiger partial charge >= 0.3 is 0 Å². The quantitative estimate of drug-likeness (QED) is 0.589. The fourth-order valence-corrected chi connectivity index (χ4v) is 1.95. The molecule has 0 amide bonds. The molecule has 0 spiro atoms. The highest BCUT2D eigenvalue weighted by molar-refractivity contribution is 7.99. The number of nitrogens with one attached hydrogen (secondary N) is 1. The summed E-state index contributed by atoms with van der Waals surface area (Å²) in [5.74, 6) is 2.69. The van der Waals surface area contributed by atoms with Crippen molar-refractivity contribution in [2.24, 2.45) is 0 Å². The second-order valence-corrected chi connectivity index (χ2v) is 4.52. The van der Waals surface area contributed by atoms with Gasteiger partial charge in [0.25, 0.3) is 0 Å². The molecule has 1 unspecified atom stereocenters. The molecule has 0 aromatic carbocycles. The van der Waals surface area contributed by atoms with Crippen LogP contribution in [-0.2, 0) is 0 Å². The molecule has 1 atom stereocenters. The van der Waals surface area contributed by atoms with Crippen molar-refractivity contribution < 1.29 is 0 Å². The molecular formula is C10H23NS. The van der Waals surface area contributed by atoms with E-state index in [1.807, 2.05) is 7.05 Å². The molecule has 0 aliphatic heterocycles. The lowest BCUT2D eigenvalue weighted by Gasteiger charge is -2.08. The molecule has 0 rings (SSSR count). The molecular weight excluding hydrogens is 166 g/mol. The maximum atomic E-state index is 3.26. The number of hydrogen-bond donors (Lipinski definition) is 1. The van der Waals surface area contributed by atoms with Gasteiger partial charge in [0, 0.05) is 6.04 Å². The molecule has 0 saturated heterocycles. The Bertz CT molecular complexity index is 85.9. The second kappa shape index (κ2) is 9.40. The standard InChI is InChI=1S/C10H23NS/c1-4-8-12-9-6-5-7-10(2)11-3/h10-11H,4-9H2,1-3H3. The number of thioether (sulfide) groups is 1. The Balaban J connectivity index is 2.90. The summed E-state index contributed by atoms with van der Waals surface area (Å²) in [5.41, 5.74) is 0. The average Bonchev–Trinajstić information content (AvgIpc) is 2.10. The highest BCUT2D eigenvalue weighted by atomic mass is 32.2. The van der Waals surface area contributed by atoms with E-state index < -0.39 is 0 Å². The lowest BCUT2D eigenvalue weighted by atomic mass is 10.1. The molecule has 0 radical (unpaired) electrons. The Morgan fingerprint density at radius 1 is 1.25 bits per heavy atom. The summed E-state index contributed by atoms with van der Waals surface area (Å²) in [6.07, 6.45) is 5.40. The van der Waals surface area contributed by atoms with Gasteiger partial charge in [-0.05, 0) is 44.7 Å². The molecule has 0 aliphatic carbocycles. The predicted molar refractivity (Wildman–Crippen MR) is 60.0 cm³/mol. The van der Waals surface area contributed by atoms with Crippen molar-refractivity contribution in [2.75, 3.05) is 18.6 Å². The fourth-order valence-electron chi connectivity index (χ4n) is 1.05. The van der Waals surface area contributed by atoms with E-state index in [1.165, 1.54) is 37.2 Å². The van der Waals surface area contributed by atoms with Gasteiger partial charge in [-0.2, -0.15) is 11.8 Å². The molecule has 12 heavy (non-hydrogen) atoms. The van der Waals surface area contributed by atoms with E-state index in [1.54, 1.807) is 0 Å². The van der Waals surface area contributed by atoms with Gasteiger partial charge in [0.15, 0.2) is 0 Å². The first-order valence-electron chi connectivity index (χ1n) is 5.06. The lowest BCUT2D eigenvalue weighted by molar-refractivity contribution is 0.539. The van der Waals surface area contributed by atoms with Crippen LogP contribution in [0.1, 0.15) is 39.5 Å². The molecule has 0 aliphatic rings. The number of hydrogen-bond acceptors (Lipinski definition) is 2. The minimum Gasteiger partial charge on any atom is -0.317 e. The second-order valence-electron chi connectivity index (χ2n) is 3.30. The third-order valence-electron chi connectivity index (χ3n) is 2.02. The summed E-state index contributed by atoms with van der Waals surface area (Å²) >= 11 is 2.09. The molecule has 1 N–H and O–H groups in total. The van der Waals surface area contributed by atoms with Crippen LogP contribution in [0.15, 0.2) is 0 Å². The third kappa shape index (κ3) is 8.41. The number of rotatable bonds is 8. The monoisotopic (exact) mass is 189 g/mol. The summed E-state index contributed by atoms with van der Waals surface area (Å²) in [4.78, 5) is 0. The third-order valence-corrected chi connectivity index (χ3v) is 3.29. The molecule has 1 nitrogen and oxygen atoms in total. The van der Waals surface area contributed by atoms with Crippen LogP contribution in [0, 0.1) is 0 Å². The molecule has 0 fully saturated rings. The van der Waals surface area contributed by atoms with Gasteiger partial charge in [0.05, 0.1) is 0 Å². The van der Waals surface area contributed by atoms with Gasteiger partial charge < -0.3 is 5.32 Å². The summed E-state index contributed by atoms with van der Waals surface area (Å²) in [7, 11) is 2.04. The van der Waals surface area contributed by atoms with Crippen molar-refractivity contribution in [2.45, 2.75) is 45.6 Å². The van der Waals surface area contributed by atoms with Crippen LogP contribution in [0.2, 0.25) is 0 Å². The highest BCUT2D eigenvalue weighted by Gasteiger charge is 1.96. The predicted octanol–water partition coefficient (Wildman–Crippen LogP) is 2.91. The van der Waals surface area contributed by atoms with Gasteiger partial charge in [-0.15, -0.1) is 0 Å². The van der Waals surface area contributed by atoms with E-state index in [-0.39, 0.29) is 0 Å². The molecule has 2 heteroatoms. The normalized spacial score (nSPS) is 13.2. The summed E-state index contributed by atoms with van der Waals surface area (Å²) in [6, 6.07) is 0.696. The molecule has 74 valence electrons. The Hall–Kier alpha value is 0.310. The van der Waals surface area contributed by atoms with Gasteiger partial charge in [0.1, 0.15) is 0 Å². The van der Waals surface area contributed by atoms with Gasteiger partial charge in [0.2, 0.25) is 0 Å². The van der Waals surface area contributed by atoms with E-state index in [0.29, 0.717) is 6.04 Å². The van der Waals surface area contributed by atoms with E-state index in [0.717, 1.165) is 0 Å². The minimum atomic E-state index is 0.696. The Morgan fingerprint density at radius 2 is 2.00 bits per heavy atom. The first-order valence-corrected chi connectivity index (χ1v) is 6.21. The largest absolute Gasteiger partial charge is 0.317 e. The SMILES string of the molecule is CCCSCCCCC(C)NC. The average molecular weight is 189 g/mol. The van der Waals surface area contributed by atoms with Crippen LogP contribution in [0.25, 0.3) is 0 Å². The zero-order chi connectivity index (χ0) is 9.23. The Kier molecular flexibility index (Phi) is 9.64. The molecule has 0 aromatic rings. The Labute approximate surface area is 81.7 Å². The van der Waals surface area contributed by atoms with Crippen LogP contribution in [-0.4, -0.2) is 24.6 Å². The first-order chi connectivity index (χ1) is 5.81. The maximum absolute atomic E-state index is 3.26. The smallest absolute Gasteiger partial charge is 0.00357 e. The lowest BCUT2D eigenvalue weighted by Crippen LogP contribution is -2.20. The zero-order valence-electron chi connectivity index (χ0n) is 8.73. The topological polar surface area (TPSA) is 12.0 Å². The van der Waals surface area contributed by atoms with Crippen molar-refractivity contribution in [1.82, 2.24) is 5.32 Å². The van der Waals surface area contributed by atoms with Crippen molar-refractivity contribution >= 4 is 11.8 Å². The van der Waals surface area contributed by atoms with Crippen molar-refractivity contribution in [3.05, 3.63) is 0 Å². The molecule has 0 heterocycles. The molecule has 0 aromatic heterocycles. The molecule has 0 saturated carbocycles. The molecule has 0 bridgehead atoms. The Morgan fingerprint density at radius 3 is 2.58 bits per heavy atom. The van der Waals surface area contributed by atoms with Gasteiger partial charge in [-0.25, -0.2) is 0 Å². The van der Waals surface area contributed by atoms with E-state index in [4.69, 9.17) is 0 Å². The fraction of sp³-hybridized carbons (Fsp3) is 1.00. The van der Waals surface area contributed by atoms with Crippen LogP contribution in [0.5, 0.6) is 0 Å². The summed E-state index contributed by atoms with van der Waals surface area (Å²) in [6.45, 7) is 4.50.